The highest BCUT2D eigenvalue weighted by molar-refractivity contribution is 7.13. The summed E-state index contributed by atoms with van der Waals surface area (Å²) in [5.74, 6) is 0.00266. The van der Waals surface area contributed by atoms with Crippen molar-refractivity contribution >= 4 is 29.0 Å². The number of benzene rings is 1. The van der Waals surface area contributed by atoms with Gasteiger partial charge in [0.05, 0.1) is 0 Å². The van der Waals surface area contributed by atoms with Crippen molar-refractivity contribution < 1.29 is 9.59 Å². The van der Waals surface area contributed by atoms with E-state index in [0.29, 0.717) is 18.1 Å². The molecule has 1 aromatic carbocycles. The van der Waals surface area contributed by atoms with E-state index in [1.54, 1.807) is 0 Å². The number of carbonyl (C=O) groups excluding carboxylic acids is 2. The number of hydrogen-bond donors (Lipinski definition) is 2. The molecule has 27 heavy (non-hydrogen) atoms. The molecule has 2 heterocycles. The van der Waals surface area contributed by atoms with Gasteiger partial charge in [0, 0.05) is 30.7 Å². The highest BCUT2D eigenvalue weighted by Crippen LogP contribution is 2.30. The predicted octanol–water partition coefficient (Wildman–Crippen LogP) is 3.40. The summed E-state index contributed by atoms with van der Waals surface area (Å²) < 4.78 is 0. The van der Waals surface area contributed by atoms with Crippen LogP contribution in [0.25, 0.3) is 0 Å². The third kappa shape index (κ3) is 5.03. The Morgan fingerprint density at radius 1 is 1.15 bits per heavy atom. The molecule has 7 nitrogen and oxygen atoms in total. The molecule has 1 fully saturated rings. The smallest absolute Gasteiger partial charge is 0.317 e. The van der Waals surface area contributed by atoms with Crippen LogP contribution in [0.2, 0.25) is 0 Å². The van der Waals surface area contributed by atoms with Gasteiger partial charge in [0.1, 0.15) is 5.01 Å². The van der Waals surface area contributed by atoms with Gasteiger partial charge in [0.15, 0.2) is 0 Å². The van der Waals surface area contributed by atoms with E-state index in [4.69, 9.17) is 0 Å². The molecule has 0 unspecified atom stereocenters. The fourth-order valence-corrected chi connectivity index (χ4v) is 3.89. The number of aromatic nitrogens is 2. The molecule has 8 heteroatoms. The summed E-state index contributed by atoms with van der Waals surface area (Å²) in [6, 6.07) is 7.75. The average Bonchev–Trinajstić information content (AvgIpc) is 3.13. The quantitative estimate of drug-likeness (QED) is 0.842. The van der Waals surface area contributed by atoms with Crippen LogP contribution in [0.5, 0.6) is 0 Å². The zero-order chi connectivity index (χ0) is 19.4. The van der Waals surface area contributed by atoms with Crippen molar-refractivity contribution in [2.24, 2.45) is 0 Å². The Morgan fingerprint density at radius 2 is 1.81 bits per heavy atom. The first-order chi connectivity index (χ1) is 12.9. The number of carbonyl (C=O) groups is 2. The first-order valence-electron chi connectivity index (χ1n) is 9.19. The molecule has 0 spiro atoms. The zero-order valence-corrected chi connectivity index (χ0v) is 16.7. The summed E-state index contributed by atoms with van der Waals surface area (Å²) in [4.78, 5) is 26.3. The van der Waals surface area contributed by atoms with Gasteiger partial charge in [0.25, 0.3) is 5.91 Å². The van der Waals surface area contributed by atoms with Crippen LogP contribution in [-0.2, 0) is 0 Å². The standard InChI is InChI=1S/C19H25N5O2S/c1-12(2)20-19(26)24-10-8-14(9-11-24)17-22-23-18(27-17)16(25)21-15-6-4-13(3)5-7-15/h4-7,12,14H,8-11H2,1-3H3,(H,20,26)(H,21,25). The number of nitrogens with zero attached hydrogens (tertiary/aromatic N) is 3. The van der Waals surface area contributed by atoms with Gasteiger partial charge >= 0.3 is 6.03 Å². The Kier molecular flexibility index (Phi) is 6.05. The van der Waals surface area contributed by atoms with Gasteiger partial charge in [0.2, 0.25) is 5.01 Å². The highest BCUT2D eigenvalue weighted by atomic mass is 32.1. The molecular formula is C19H25N5O2S. The van der Waals surface area contributed by atoms with Crippen molar-refractivity contribution in [3.63, 3.8) is 0 Å². The maximum Gasteiger partial charge on any atom is 0.317 e. The molecule has 2 aromatic rings. The van der Waals surface area contributed by atoms with E-state index in [9.17, 15) is 9.59 Å². The Morgan fingerprint density at radius 3 is 2.44 bits per heavy atom. The van der Waals surface area contributed by atoms with Crippen LogP contribution in [0.15, 0.2) is 24.3 Å². The molecule has 0 aliphatic carbocycles. The lowest BCUT2D eigenvalue weighted by Crippen LogP contribution is -2.46. The van der Waals surface area contributed by atoms with Crippen LogP contribution in [-0.4, -0.2) is 46.2 Å². The summed E-state index contributed by atoms with van der Waals surface area (Å²) >= 11 is 1.34. The minimum Gasteiger partial charge on any atom is -0.336 e. The monoisotopic (exact) mass is 387 g/mol. The summed E-state index contributed by atoms with van der Waals surface area (Å²) in [7, 11) is 0. The summed E-state index contributed by atoms with van der Waals surface area (Å²) in [6.45, 7) is 7.28. The zero-order valence-electron chi connectivity index (χ0n) is 15.9. The van der Waals surface area contributed by atoms with Gasteiger partial charge in [-0.25, -0.2) is 4.79 Å². The molecule has 144 valence electrons. The van der Waals surface area contributed by atoms with E-state index in [1.807, 2.05) is 49.9 Å². The summed E-state index contributed by atoms with van der Waals surface area (Å²) in [6.07, 6.45) is 1.67. The third-order valence-electron chi connectivity index (χ3n) is 4.49. The lowest BCUT2D eigenvalue weighted by Gasteiger charge is -2.31. The summed E-state index contributed by atoms with van der Waals surface area (Å²) in [5, 5.41) is 15.3. The molecule has 1 aromatic heterocycles. The number of amides is 3. The maximum atomic E-state index is 12.4. The third-order valence-corrected chi connectivity index (χ3v) is 5.57. The second-order valence-electron chi connectivity index (χ2n) is 7.13. The normalized spacial score (nSPS) is 15.0. The summed E-state index contributed by atoms with van der Waals surface area (Å²) in [5.41, 5.74) is 1.88. The van der Waals surface area contributed by atoms with E-state index < -0.39 is 0 Å². The van der Waals surface area contributed by atoms with E-state index >= 15 is 0 Å². The SMILES string of the molecule is Cc1ccc(NC(=O)c2nnc(C3CCN(C(=O)NC(C)C)CC3)s2)cc1. The number of likely N-dealkylation sites (tertiary alicyclic amines) is 1. The molecule has 2 N–H and O–H groups in total. The second-order valence-corrected chi connectivity index (χ2v) is 8.14. The van der Waals surface area contributed by atoms with Crippen LogP contribution in [0.4, 0.5) is 10.5 Å². The van der Waals surface area contributed by atoms with Crippen molar-refractivity contribution in [2.75, 3.05) is 18.4 Å². The Hall–Kier alpha value is -2.48. The number of anilines is 1. The van der Waals surface area contributed by atoms with Crippen molar-refractivity contribution in [1.82, 2.24) is 20.4 Å². The predicted molar refractivity (Wildman–Crippen MR) is 106 cm³/mol. The van der Waals surface area contributed by atoms with Crippen LogP contribution >= 0.6 is 11.3 Å². The number of aryl methyl sites for hydroxylation is 1. The minimum atomic E-state index is -0.239. The number of rotatable bonds is 4. The van der Waals surface area contributed by atoms with Crippen LogP contribution in [0.1, 0.15) is 53.0 Å². The number of hydrogen-bond acceptors (Lipinski definition) is 5. The van der Waals surface area contributed by atoms with E-state index in [0.717, 1.165) is 29.1 Å². The fourth-order valence-electron chi connectivity index (χ4n) is 2.98. The second kappa shape index (κ2) is 8.47. The molecule has 0 bridgehead atoms. The lowest BCUT2D eigenvalue weighted by atomic mass is 9.98. The molecule has 1 aliphatic heterocycles. The van der Waals surface area contributed by atoms with Gasteiger partial charge in [-0.2, -0.15) is 0 Å². The van der Waals surface area contributed by atoms with Gasteiger partial charge in [-0.1, -0.05) is 29.0 Å². The first kappa shape index (κ1) is 19.3. The highest BCUT2D eigenvalue weighted by Gasteiger charge is 2.27. The number of urea groups is 1. The van der Waals surface area contributed by atoms with Crippen molar-refractivity contribution in [1.29, 1.82) is 0 Å². The molecule has 1 saturated heterocycles. The molecule has 3 amide bonds. The van der Waals surface area contributed by atoms with E-state index in [-0.39, 0.29) is 23.9 Å². The van der Waals surface area contributed by atoms with Gasteiger partial charge < -0.3 is 15.5 Å². The van der Waals surface area contributed by atoms with Crippen molar-refractivity contribution in [3.05, 3.63) is 39.8 Å². The average molecular weight is 388 g/mol. The molecule has 3 rings (SSSR count). The molecular weight excluding hydrogens is 362 g/mol. The van der Waals surface area contributed by atoms with Gasteiger partial charge in [-0.3, -0.25) is 4.79 Å². The van der Waals surface area contributed by atoms with Crippen molar-refractivity contribution in [2.45, 2.75) is 45.6 Å². The molecule has 1 aliphatic rings. The number of nitrogens with one attached hydrogen (secondary N) is 2. The van der Waals surface area contributed by atoms with Crippen LogP contribution in [0, 0.1) is 6.92 Å². The van der Waals surface area contributed by atoms with Crippen molar-refractivity contribution in [3.8, 4) is 0 Å². The van der Waals surface area contributed by atoms with E-state index in [2.05, 4.69) is 20.8 Å². The molecule has 0 radical (unpaired) electrons. The molecule has 0 saturated carbocycles. The Balaban J connectivity index is 1.56. The topological polar surface area (TPSA) is 87.2 Å². The Bertz CT molecular complexity index is 795. The van der Waals surface area contributed by atoms with Gasteiger partial charge in [-0.15, -0.1) is 10.2 Å². The Labute approximate surface area is 163 Å². The largest absolute Gasteiger partial charge is 0.336 e. The number of piperidine rings is 1. The van der Waals surface area contributed by atoms with Crippen LogP contribution in [0.3, 0.4) is 0 Å². The molecule has 0 atom stereocenters. The van der Waals surface area contributed by atoms with E-state index in [1.165, 1.54) is 11.3 Å². The fraction of sp³-hybridized carbons (Fsp3) is 0.474. The maximum absolute atomic E-state index is 12.4. The lowest BCUT2D eigenvalue weighted by molar-refractivity contribution is 0.102. The van der Waals surface area contributed by atoms with Gasteiger partial charge in [-0.05, 0) is 45.7 Å². The first-order valence-corrected chi connectivity index (χ1v) is 10.0. The minimum absolute atomic E-state index is 0.0149. The van der Waals surface area contributed by atoms with Crippen LogP contribution < -0.4 is 10.6 Å².